The Balaban J connectivity index is 1.96. The fourth-order valence-electron chi connectivity index (χ4n) is 1.99. The van der Waals surface area contributed by atoms with Gasteiger partial charge in [0.05, 0.1) is 24.0 Å². The van der Waals surface area contributed by atoms with Gasteiger partial charge in [-0.2, -0.15) is 5.10 Å². The molecule has 3 amide bonds. The number of para-hydroxylation sites is 1. The van der Waals surface area contributed by atoms with Crippen LogP contribution < -0.4 is 25.9 Å². The highest BCUT2D eigenvalue weighted by Crippen LogP contribution is 2.27. The molecule has 0 aliphatic carbocycles. The van der Waals surface area contributed by atoms with Crippen molar-refractivity contribution >= 4 is 41.2 Å². The summed E-state index contributed by atoms with van der Waals surface area (Å²) >= 11 is 5.91. The van der Waals surface area contributed by atoms with Crippen LogP contribution in [0.3, 0.4) is 0 Å². The summed E-state index contributed by atoms with van der Waals surface area (Å²) in [5.41, 5.74) is 8.00. The highest BCUT2D eigenvalue weighted by molar-refractivity contribution is 6.41. The molecule has 0 saturated heterocycles. The van der Waals surface area contributed by atoms with Crippen LogP contribution >= 0.6 is 11.6 Å². The van der Waals surface area contributed by atoms with Crippen molar-refractivity contribution in [2.75, 3.05) is 19.0 Å². The number of anilines is 1. The molecule has 0 radical (unpaired) electrons. The van der Waals surface area contributed by atoms with E-state index in [9.17, 15) is 14.4 Å². The van der Waals surface area contributed by atoms with Crippen molar-refractivity contribution in [3.05, 3.63) is 53.1 Å². The third-order valence-electron chi connectivity index (χ3n) is 3.27. The van der Waals surface area contributed by atoms with Crippen LogP contribution in [0.15, 0.2) is 47.6 Å². The van der Waals surface area contributed by atoms with E-state index in [0.717, 1.165) is 0 Å². The molecule has 0 spiro atoms. The van der Waals surface area contributed by atoms with Crippen LogP contribution in [0.4, 0.5) is 5.69 Å². The highest BCUT2D eigenvalue weighted by Gasteiger charge is 2.14. The van der Waals surface area contributed by atoms with Gasteiger partial charge in [0.25, 0.3) is 5.91 Å². The van der Waals surface area contributed by atoms with E-state index in [1.54, 1.807) is 42.5 Å². The van der Waals surface area contributed by atoms with Gasteiger partial charge >= 0.3 is 11.8 Å². The van der Waals surface area contributed by atoms with E-state index < -0.39 is 17.7 Å². The maximum absolute atomic E-state index is 11.8. The third-order valence-corrected chi connectivity index (χ3v) is 3.60. The summed E-state index contributed by atoms with van der Waals surface area (Å²) < 4.78 is 10.4. The van der Waals surface area contributed by atoms with E-state index in [0.29, 0.717) is 27.8 Å². The molecule has 0 heterocycles. The number of nitrogens with two attached hydrogens (primary N) is 1. The Morgan fingerprint density at radius 1 is 1.14 bits per heavy atom. The van der Waals surface area contributed by atoms with Gasteiger partial charge in [-0.05, 0) is 35.9 Å². The number of halogens is 1. The molecule has 2 rings (SSSR count). The number of methoxy groups -OCH3 is 1. The molecule has 0 saturated carbocycles. The van der Waals surface area contributed by atoms with Gasteiger partial charge in [0.1, 0.15) is 0 Å². The molecule has 0 aliphatic heterocycles. The first kappa shape index (κ1) is 20.7. The number of nitrogens with zero attached hydrogens (tertiary/aromatic N) is 1. The summed E-state index contributed by atoms with van der Waals surface area (Å²) in [6.45, 7) is -0.291. The highest BCUT2D eigenvalue weighted by atomic mass is 35.5. The Morgan fingerprint density at radius 2 is 1.89 bits per heavy atom. The number of primary amides is 1. The van der Waals surface area contributed by atoms with Crippen molar-refractivity contribution in [3.8, 4) is 11.5 Å². The third kappa shape index (κ3) is 5.99. The Morgan fingerprint density at radius 3 is 2.57 bits per heavy atom. The first-order valence-corrected chi connectivity index (χ1v) is 8.26. The van der Waals surface area contributed by atoms with E-state index in [1.165, 1.54) is 13.3 Å². The van der Waals surface area contributed by atoms with Gasteiger partial charge in [0.15, 0.2) is 18.1 Å². The number of hydrogen-bond donors (Lipinski definition) is 3. The van der Waals surface area contributed by atoms with E-state index in [2.05, 4.69) is 15.8 Å². The van der Waals surface area contributed by atoms with Gasteiger partial charge in [0, 0.05) is 0 Å². The van der Waals surface area contributed by atoms with E-state index in [4.69, 9.17) is 26.8 Å². The van der Waals surface area contributed by atoms with Crippen LogP contribution in [-0.2, 0) is 14.4 Å². The van der Waals surface area contributed by atoms with Gasteiger partial charge in [0.2, 0.25) is 0 Å². The van der Waals surface area contributed by atoms with Crippen molar-refractivity contribution < 1.29 is 23.9 Å². The number of ether oxygens (including phenoxy) is 2. The Labute approximate surface area is 165 Å². The normalized spacial score (nSPS) is 10.4. The second-order valence-corrected chi connectivity index (χ2v) is 5.71. The molecule has 2 aromatic rings. The molecule has 0 aromatic heterocycles. The molecule has 0 aliphatic rings. The van der Waals surface area contributed by atoms with Crippen LogP contribution in [0.5, 0.6) is 11.5 Å². The van der Waals surface area contributed by atoms with Gasteiger partial charge in [-0.15, -0.1) is 0 Å². The Hall–Kier alpha value is -3.59. The summed E-state index contributed by atoms with van der Waals surface area (Å²) in [6.07, 6.45) is 1.31. The zero-order chi connectivity index (χ0) is 20.5. The topological polar surface area (TPSA) is 132 Å². The summed E-state index contributed by atoms with van der Waals surface area (Å²) in [6, 6.07) is 11.2. The summed E-state index contributed by atoms with van der Waals surface area (Å²) in [5, 5.41) is 6.40. The maximum atomic E-state index is 11.8. The molecule has 9 nitrogen and oxygen atoms in total. The fourth-order valence-corrected chi connectivity index (χ4v) is 2.17. The first-order valence-electron chi connectivity index (χ1n) is 7.88. The number of nitrogens with one attached hydrogen (secondary N) is 2. The number of benzene rings is 2. The predicted octanol–water partition coefficient (Wildman–Crippen LogP) is 1.30. The minimum absolute atomic E-state index is 0.291. The number of carbonyl (C=O) groups is 3. The van der Waals surface area contributed by atoms with Crippen LogP contribution in [0, 0.1) is 0 Å². The van der Waals surface area contributed by atoms with Gasteiger partial charge in [-0.1, -0.05) is 23.7 Å². The van der Waals surface area contributed by atoms with Gasteiger partial charge in [-0.25, -0.2) is 5.43 Å². The molecular weight excluding hydrogens is 388 g/mol. The molecule has 2 aromatic carbocycles. The fraction of sp³-hybridized carbons (Fsp3) is 0.111. The monoisotopic (exact) mass is 404 g/mol. The lowest BCUT2D eigenvalue weighted by Gasteiger charge is -2.09. The summed E-state index contributed by atoms with van der Waals surface area (Å²) in [7, 11) is 1.42. The summed E-state index contributed by atoms with van der Waals surface area (Å²) in [4.78, 5) is 34.4. The SMILES string of the molecule is COc1cc(C=NNC(=O)C(=O)Nc2ccccc2Cl)ccc1OCC(N)=O. The second-order valence-electron chi connectivity index (χ2n) is 5.30. The lowest BCUT2D eigenvalue weighted by molar-refractivity contribution is -0.136. The van der Waals surface area contributed by atoms with Crippen molar-refractivity contribution in [2.24, 2.45) is 10.8 Å². The average molecular weight is 405 g/mol. The van der Waals surface area contributed by atoms with Crippen molar-refractivity contribution in [1.82, 2.24) is 5.43 Å². The number of hydrazone groups is 1. The van der Waals surface area contributed by atoms with Crippen molar-refractivity contribution in [3.63, 3.8) is 0 Å². The van der Waals surface area contributed by atoms with E-state index in [-0.39, 0.29) is 6.61 Å². The largest absolute Gasteiger partial charge is 0.493 e. The van der Waals surface area contributed by atoms with E-state index in [1.807, 2.05) is 0 Å². The number of carbonyl (C=O) groups excluding carboxylic acids is 3. The van der Waals surface area contributed by atoms with Crippen LogP contribution in [0.25, 0.3) is 0 Å². The molecule has 146 valence electrons. The van der Waals surface area contributed by atoms with Crippen molar-refractivity contribution in [2.45, 2.75) is 0 Å². The molecule has 28 heavy (non-hydrogen) atoms. The minimum Gasteiger partial charge on any atom is -0.493 e. The lowest BCUT2D eigenvalue weighted by Crippen LogP contribution is -2.32. The molecule has 4 N–H and O–H groups in total. The quantitative estimate of drug-likeness (QED) is 0.363. The predicted molar refractivity (Wildman–Crippen MR) is 104 cm³/mol. The molecule has 0 fully saturated rings. The maximum Gasteiger partial charge on any atom is 0.329 e. The standard InChI is InChI=1S/C18H17ClN4O5/c1-27-15-8-11(6-7-14(15)28-10-16(20)24)9-21-23-18(26)17(25)22-13-5-3-2-4-12(13)19/h2-9H,10H2,1H3,(H2,20,24)(H,22,25)(H,23,26). The molecular formula is C18H17ClN4O5. The molecule has 0 bridgehead atoms. The molecule has 10 heteroatoms. The zero-order valence-electron chi connectivity index (χ0n) is 14.8. The van der Waals surface area contributed by atoms with E-state index >= 15 is 0 Å². The smallest absolute Gasteiger partial charge is 0.329 e. The lowest BCUT2D eigenvalue weighted by atomic mass is 10.2. The number of hydrogen-bond acceptors (Lipinski definition) is 6. The summed E-state index contributed by atoms with van der Waals surface area (Å²) in [5.74, 6) is -1.84. The van der Waals surface area contributed by atoms with Gasteiger partial charge < -0.3 is 20.5 Å². The molecule has 0 atom stereocenters. The second kappa shape index (κ2) is 9.93. The van der Waals surface area contributed by atoms with Crippen molar-refractivity contribution in [1.29, 1.82) is 0 Å². The minimum atomic E-state index is -0.968. The van der Waals surface area contributed by atoms with Gasteiger partial charge in [-0.3, -0.25) is 14.4 Å². The van der Waals surface area contributed by atoms with Crippen LogP contribution in [-0.4, -0.2) is 37.7 Å². The first-order chi connectivity index (χ1) is 13.4. The Bertz CT molecular complexity index is 917. The van der Waals surface area contributed by atoms with Crippen LogP contribution in [0.1, 0.15) is 5.56 Å². The zero-order valence-corrected chi connectivity index (χ0v) is 15.5. The molecule has 0 unspecified atom stereocenters. The average Bonchev–Trinajstić information content (AvgIpc) is 2.68. The number of amides is 3. The number of rotatable bonds is 7. The Kier molecular flexibility index (Phi) is 7.35. The van der Waals surface area contributed by atoms with Crippen LogP contribution in [0.2, 0.25) is 5.02 Å².